The van der Waals surface area contributed by atoms with E-state index < -0.39 is 5.97 Å². The zero-order chi connectivity index (χ0) is 14.0. The maximum absolute atomic E-state index is 12.0. The summed E-state index contributed by atoms with van der Waals surface area (Å²) in [5.74, 6) is -0.375. The van der Waals surface area contributed by atoms with Crippen molar-refractivity contribution in [3.63, 3.8) is 0 Å². The standard InChI is InChI=1S/C14H16ClNO3/c1-8-3-11(12(15)4-9(8)2)14(18)19-7-10-5-13(17)16-6-10/h3-4,10H,5-7H2,1-2H3,(H,16,17). The van der Waals surface area contributed by atoms with Gasteiger partial charge in [0, 0.05) is 18.9 Å². The largest absolute Gasteiger partial charge is 0.462 e. The summed E-state index contributed by atoms with van der Waals surface area (Å²) in [5, 5.41) is 3.10. The van der Waals surface area contributed by atoms with E-state index >= 15 is 0 Å². The quantitative estimate of drug-likeness (QED) is 0.865. The molecule has 0 saturated carbocycles. The Hall–Kier alpha value is -1.55. The Bertz CT molecular complexity index is 528. The summed E-state index contributed by atoms with van der Waals surface area (Å²) in [6.07, 6.45) is 0.411. The Morgan fingerprint density at radius 3 is 2.74 bits per heavy atom. The van der Waals surface area contributed by atoms with Gasteiger partial charge in [-0.15, -0.1) is 0 Å². The van der Waals surface area contributed by atoms with Crippen LogP contribution in [0.15, 0.2) is 12.1 Å². The first-order valence-electron chi connectivity index (χ1n) is 6.18. The topological polar surface area (TPSA) is 55.4 Å². The molecule has 2 rings (SSSR count). The molecule has 1 aromatic rings. The van der Waals surface area contributed by atoms with Crippen molar-refractivity contribution < 1.29 is 14.3 Å². The highest BCUT2D eigenvalue weighted by atomic mass is 35.5. The number of benzene rings is 1. The molecule has 1 unspecified atom stereocenters. The van der Waals surface area contributed by atoms with E-state index in [0.29, 0.717) is 23.6 Å². The van der Waals surface area contributed by atoms with E-state index in [-0.39, 0.29) is 18.4 Å². The van der Waals surface area contributed by atoms with Crippen molar-refractivity contribution in [1.82, 2.24) is 5.32 Å². The Labute approximate surface area is 117 Å². The van der Waals surface area contributed by atoms with Crippen LogP contribution in [-0.2, 0) is 9.53 Å². The molecule has 1 aliphatic heterocycles. The first-order chi connectivity index (χ1) is 8.97. The third-order valence-electron chi connectivity index (χ3n) is 3.32. The lowest BCUT2D eigenvalue weighted by Gasteiger charge is -2.11. The van der Waals surface area contributed by atoms with Gasteiger partial charge in [-0.25, -0.2) is 4.79 Å². The van der Waals surface area contributed by atoms with Crippen molar-refractivity contribution in [2.24, 2.45) is 5.92 Å². The number of carbonyl (C=O) groups excluding carboxylic acids is 2. The van der Waals surface area contributed by atoms with Gasteiger partial charge in [-0.2, -0.15) is 0 Å². The van der Waals surface area contributed by atoms with Gasteiger partial charge in [0.15, 0.2) is 0 Å². The molecule has 1 atom stereocenters. The van der Waals surface area contributed by atoms with Crippen LogP contribution in [0, 0.1) is 19.8 Å². The van der Waals surface area contributed by atoms with E-state index in [1.165, 1.54) is 0 Å². The monoisotopic (exact) mass is 281 g/mol. The zero-order valence-corrected chi connectivity index (χ0v) is 11.7. The maximum atomic E-state index is 12.0. The Balaban J connectivity index is 2.00. The molecule has 4 nitrogen and oxygen atoms in total. The molecule has 19 heavy (non-hydrogen) atoms. The minimum absolute atomic E-state index is 0.00487. The van der Waals surface area contributed by atoms with Crippen molar-refractivity contribution in [2.75, 3.05) is 13.2 Å². The summed E-state index contributed by atoms with van der Waals surface area (Å²) >= 11 is 6.05. The number of esters is 1. The van der Waals surface area contributed by atoms with Gasteiger partial charge in [-0.3, -0.25) is 4.79 Å². The maximum Gasteiger partial charge on any atom is 0.339 e. The van der Waals surface area contributed by atoms with Gasteiger partial charge in [0.2, 0.25) is 5.91 Å². The average molecular weight is 282 g/mol. The molecule has 1 N–H and O–H groups in total. The third kappa shape index (κ3) is 3.26. The van der Waals surface area contributed by atoms with Gasteiger partial charge in [0.25, 0.3) is 0 Å². The molecule has 5 heteroatoms. The van der Waals surface area contributed by atoms with Gasteiger partial charge in [0.05, 0.1) is 17.2 Å². The van der Waals surface area contributed by atoms with Crippen LogP contribution in [0.5, 0.6) is 0 Å². The second kappa shape index (κ2) is 5.61. The van der Waals surface area contributed by atoms with Crippen molar-refractivity contribution >= 4 is 23.5 Å². The predicted molar refractivity (Wildman–Crippen MR) is 72.3 cm³/mol. The first kappa shape index (κ1) is 13.9. The summed E-state index contributed by atoms with van der Waals surface area (Å²) in [6.45, 7) is 4.65. The van der Waals surface area contributed by atoms with Crippen LogP contribution in [0.2, 0.25) is 5.02 Å². The van der Waals surface area contributed by atoms with Gasteiger partial charge in [0.1, 0.15) is 0 Å². The number of carbonyl (C=O) groups is 2. The molecule has 0 aliphatic carbocycles. The lowest BCUT2D eigenvalue weighted by atomic mass is 10.1. The van der Waals surface area contributed by atoms with E-state index in [1.807, 2.05) is 13.8 Å². The number of hydrogen-bond donors (Lipinski definition) is 1. The summed E-state index contributed by atoms with van der Waals surface area (Å²) in [5.41, 5.74) is 2.41. The fourth-order valence-electron chi connectivity index (χ4n) is 1.99. The van der Waals surface area contributed by atoms with Gasteiger partial charge in [-0.05, 0) is 37.1 Å². The van der Waals surface area contributed by atoms with Crippen molar-refractivity contribution in [2.45, 2.75) is 20.3 Å². The minimum Gasteiger partial charge on any atom is -0.462 e. The van der Waals surface area contributed by atoms with Crippen LogP contribution in [0.4, 0.5) is 0 Å². The third-order valence-corrected chi connectivity index (χ3v) is 3.63. The highest BCUT2D eigenvalue weighted by Gasteiger charge is 2.23. The minimum atomic E-state index is -0.438. The molecular formula is C14H16ClNO3. The molecular weight excluding hydrogens is 266 g/mol. The number of halogens is 1. The van der Waals surface area contributed by atoms with E-state index in [0.717, 1.165) is 11.1 Å². The van der Waals surface area contributed by atoms with Crippen LogP contribution in [0.3, 0.4) is 0 Å². The molecule has 1 aliphatic rings. The highest BCUT2D eigenvalue weighted by molar-refractivity contribution is 6.33. The van der Waals surface area contributed by atoms with E-state index in [9.17, 15) is 9.59 Å². The molecule has 0 aromatic heterocycles. The van der Waals surface area contributed by atoms with Gasteiger partial charge in [-0.1, -0.05) is 11.6 Å². The number of aryl methyl sites for hydroxylation is 2. The normalized spacial score (nSPS) is 18.3. The first-order valence-corrected chi connectivity index (χ1v) is 6.55. The molecule has 1 amide bonds. The fourth-order valence-corrected chi connectivity index (χ4v) is 2.29. The van der Waals surface area contributed by atoms with Crippen LogP contribution < -0.4 is 5.32 Å². The smallest absolute Gasteiger partial charge is 0.339 e. The number of rotatable bonds is 3. The van der Waals surface area contributed by atoms with Gasteiger partial charge >= 0.3 is 5.97 Å². The predicted octanol–water partition coefficient (Wildman–Crippen LogP) is 2.25. The number of nitrogens with one attached hydrogen (secondary N) is 1. The number of hydrogen-bond acceptors (Lipinski definition) is 3. The van der Waals surface area contributed by atoms with E-state index in [2.05, 4.69) is 5.32 Å². The summed E-state index contributed by atoms with van der Waals surface area (Å²) in [6, 6.07) is 3.49. The van der Waals surface area contributed by atoms with E-state index in [1.54, 1.807) is 12.1 Å². The molecule has 0 bridgehead atoms. The Morgan fingerprint density at radius 2 is 2.11 bits per heavy atom. The lowest BCUT2D eigenvalue weighted by Crippen LogP contribution is -2.18. The molecule has 102 valence electrons. The van der Waals surface area contributed by atoms with Crippen molar-refractivity contribution in [1.29, 1.82) is 0 Å². The van der Waals surface area contributed by atoms with Crippen LogP contribution in [0.25, 0.3) is 0 Å². The SMILES string of the molecule is Cc1cc(Cl)c(C(=O)OCC2CNC(=O)C2)cc1C. The molecule has 1 heterocycles. The number of amides is 1. The second-order valence-electron chi connectivity index (χ2n) is 4.89. The molecule has 1 fully saturated rings. The van der Waals surface area contributed by atoms with Gasteiger partial charge < -0.3 is 10.1 Å². The lowest BCUT2D eigenvalue weighted by molar-refractivity contribution is -0.119. The van der Waals surface area contributed by atoms with Crippen molar-refractivity contribution in [3.05, 3.63) is 33.8 Å². The fraction of sp³-hybridized carbons (Fsp3) is 0.429. The highest BCUT2D eigenvalue weighted by Crippen LogP contribution is 2.22. The summed E-state index contributed by atoms with van der Waals surface area (Å²) in [4.78, 5) is 23.0. The van der Waals surface area contributed by atoms with Crippen molar-refractivity contribution in [3.8, 4) is 0 Å². The molecule has 1 saturated heterocycles. The zero-order valence-electron chi connectivity index (χ0n) is 11.0. The molecule has 1 aromatic carbocycles. The number of ether oxygens (including phenoxy) is 1. The summed E-state index contributed by atoms with van der Waals surface area (Å²) in [7, 11) is 0. The Morgan fingerprint density at radius 1 is 1.42 bits per heavy atom. The van der Waals surface area contributed by atoms with E-state index in [4.69, 9.17) is 16.3 Å². The summed E-state index contributed by atoms with van der Waals surface area (Å²) < 4.78 is 5.22. The molecule has 0 spiro atoms. The molecule has 0 radical (unpaired) electrons. The average Bonchev–Trinajstić information content (AvgIpc) is 2.77. The second-order valence-corrected chi connectivity index (χ2v) is 5.30. The van der Waals surface area contributed by atoms with Crippen LogP contribution >= 0.6 is 11.6 Å². The Kier molecular flexibility index (Phi) is 4.10. The van der Waals surface area contributed by atoms with Crippen LogP contribution in [-0.4, -0.2) is 25.0 Å². The van der Waals surface area contributed by atoms with Crippen LogP contribution in [0.1, 0.15) is 27.9 Å².